The lowest BCUT2D eigenvalue weighted by Crippen LogP contribution is -2.21. The Morgan fingerprint density at radius 2 is 2.00 bits per heavy atom. The van der Waals surface area contributed by atoms with Gasteiger partial charge in [-0.05, 0) is 23.8 Å². The largest absolute Gasteiger partial charge is 0.416 e. The number of carbonyl (C=O) groups excluding carboxylic acids is 1. The maximum absolute atomic E-state index is 12.9. The van der Waals surface area contributed by atoms with Gasteiger partial charge in [0.15, 0.2) is 11.4 Å². The van der Waals surface area contributed by atoms with Crippen LogP contribution in [0.3, 0.4) is 0 Å². The minimum Gasteiger partial charge on any atom is -0.298 e. The fourth-order valence-corrected chi connectivity index (χ4v) is 2.51. The van der Waals surface area contributed by atoms with Crippen molar-refractivity contribution in [2.75, 3.05) is 0 Å². The summed E-state index contributed by atoms with van der Waals surface area (Å²) in [4.78, 5) is 30.3. The molecule has 0 bridgehead atoms. The van der Waals surface area contributed by atoms with E-state index in [-0.39, 0.29) is 24.4 Å². The number of nitrogens with one attached hydrogen (secondary N) is 1. The van der Waals surface area contributed by atoms with Crippen LogP contribution in [0.15, 0.2) is 41.3 Å². The Hall–Kier alpha value is -2.90. The molecular weight excluding hydrogens is 335 g/mol. The molecule has 0 aliphatic rings. The van der Waals surface area contributed by atoms with Gasteiger partial charge in [0.25, 0.3) is 0 Å². The summed E-state index contributed by atoms with van der Waals surface area (Å²) in [6, 6.07) is 6.41. The highest BCUT2D eigenvalue weighted by molar-refractivity contribution is 5.82. The van der Waals surface area contributed by atoms with Gasteiger partial charge < -0.3 is 0 Å². The average molecular weight is 349 g/mol. The molecule has 1 N–H and O–H groups in total. The molecule has 3 aromatic rings. The van der Waals surface area contributed by atoms with Crippen LogP contribution in [-0.2, 0) is 17.5 Å². The highest BCUT2D eigenvalue weighted by Crippen LogP contribution is 2.32. The van der Waals surface area contributed by atoms with Gasteiger partial charge in [-0.15, -0.1) is 0 Å². The summed E-state index contributed by atoms with van der Waals surface area (Å²) in [7, 11) is 0. The van der Waals surface area contributed by atoms with E-state index in [2.05, 4.69) is 9.97 Å². The summed E-state index contributed by atoms with van der Waals surface area (Å²) in [6.07, 6.45) is -2.78. The number of alkyl halides is 3. The Morgan fingerprint density at radius 1 is 1.24 bits per heavy atom. The van der Waals surface area contributed by atoms with Crippen molar-refractivity contribution in [3.8, 4) is 11.1 Å². The van der Waals surface area contributed by atoms with Crippen LogP contribution in [0.1, 0.15) is 18.9 Å². The van der Waals surface area contributed by atoms with E-state index in [0.29, 0.717) is 16.6 Å². The quantitative estimate of drug-likeness (QED) is 0.785. The van der Waals surface area contributed by atoms with E-state index >= 15 is 0 Å². The van der Waals surface area contributed by atoms with Crippen LogP contribution in [-0.4, -0.2) is 20.3 Å². The number of rotatable bonds is 4. The SMILES string of the molecule is CCC(=O)Cn1c(=O)[nH]c2ncc(-c3cccc(C(F)(F)F)c3)cc21. The number of pyridine rings is 1. The van der Waals surface area contributed by atoms with E-state index in [0.717, 1.165) is 12.1 Å². The van der Waals surface area contributed by atoms with Crippen LogP contribution < -0.4 is 5.69 Å². The third kappa shape index (κ3) is 3.33. The van der Waals surface area contributed by atoms with Gasteiger partial charge in [0.05, 0.1) is 17.6 Å². The number of ketones is 1. The molecule has 3 rings (SSSR count). The molecule has 2 aromatic heterocycles. The van der Waals surface area contributed by atoms with Gasteiger partial charge in [-0.2, -0.15) is 13.2 Å². The molecule has 0 aliphatic heterocycles. The molecular formula is C17H14F3N3O2. The van der Waals surface area contributed by atoms with Crippen molar-refractivity contribution < 1.29 is 18.0 Å². The predicted molar refractivity (Wildman–Crippen MR) is 86.1 cm³/mol. The molecule has 130 valence electrons. The second-order valence-corrected chi connectivity index (χ2v) is 5.58. The van der Waals surface area contributed by atoms with Crippen LogP contribution in [0.2, 0.25) is 0 Å². The first-order valence-corrected chi connectivity index (χ1v) is 7.57. The molecule has 0 saturated carbocycles. The van der Waals surface area contributed by atoms with Crippen LogP contribution >= 0.6 is 0 Å². The number of H-pyrrole nitrogens is 1. The van der Waals surface area contributed by atoms with E-state index in [9.17, 15) is 22.8 Å². The molecule has 1 aromatic carbocycles. The van der Waals surface area contributed by atoms with Crippen molar-refractivity contribution in [2.24, 2.45) is 0 Å². The lowest BCUT2D eigenvalue weighted by atomic mass is 10.0. The summed E-state index contributed by atoms with van der Waals surface area (Å²) in [6.45, 7) is 1.58. The Bertz CT molecular complexity index is 1000. The Morgan fingerprint density at radius 3 is 2.68 bits per heavy atom. The zero-order chi connectivity index (χ0) is 18.2. The maximum atomic E-state index is 12.9. The highest BCUT2D eigenvalue weighted by atomic mass is 19.4. The number of hydrogen-bond donors (Lipinski definition) is 1. The van der Waals surface area contributed by atoms with E-state index < -0.39 is 17.4 Å². The van der Waals surface area contributed by atoms with Crippen LogP contribution in [0.25, 0.3) is 22.3 Å². The summed E-state index contributed by atoms with van der Waals surface area (Å²) in [5.41, 5.74) is 0.163. The van der Waals surface area contributed by atoms with Gasteiger partial charge in [-0.1, -0.05) is 19.1 Å². The minimum atomic E-state index is -4.45. The third-order valence-electron chi connectivity index (χ3n) is 3.88. The second kappa shape index (κ2) is 6.19. The first-order chi connectivity index (χ1) is 11.8. The average Bonchev–Trinajstić information content (AvgIpc) is 2.89. The van der Waals surface area contributed by atoms with Crippen molar-refractivity contribution in [1.29, 1.82) is 0 Å². The molecule has 8 heteroatoms. The first-order valence-electron chi connectivity index (χ1n) is 7.57. The molecule has 2 heterocycles. The number of Topliss-reactive ketones (excluding diaryl/α,β-unsaturated/α-hetero) is 1. The van der Waals surface area contributed by atoms with Crippen LogP contribution in [0.5, 0.6) is 0 Å². The number of benzene rings is 1. The Labute approximate surface area is 140 Å². The zero-order valence-corrected chi connectivity index (χ0v) is 13.2. The van der Waals surface area contributed by atoms with Gasteiger partial charge in [0.2, 0.25) is 0 Å². The summed E-state index contributed by atoms with van der Waals surface area (Å²) in [5.74, 6) is -0.132. The lowest BCUT2D eigenvalue weighted by molar-refractivity contribution is -0.137. The van der Waals surface area contributed by atoms with E-state index in [4.69, 9.17) is 0 Å². The molecule has 5 nitrogen and oxygen atoms in total. The predicted octanol–water partition coefficient (Wildman–Crippen LogP) is 3.39. The second-order valence-electron chi connectivity index (χ2n) is 5.58. The van der Waals surface area contributed by atoms with Crippen molar-refractivity contribution in [3.63, 3.8) is 0 Å². The van der Waals surface area contributed by atoms with Crippen molar-refractivity contribution in [1.82, 2.24) is 14.5 Å². The summed E-state index contributed by atoms with van der Waals surface area (Å²) < 4.78 is 39.9. The van der Waals surface area contributed by atoms with E-state index in [1.165, 1.54) is 22.9 Å². The highest BCUT2D eigenvalue weighted by Gasteiger charge is 2.30. The monoisotopic (exact) mass is 349 g/mol. The van der Waals surface area contributed by atoms with Crippen molar-refractivity contribution in [2.45, 2.75) is 26.1 Å². The Kier molecular flexibility index (Phi) is 4.20. The number of imidazole rings is 1. The smallest absolute Gasteiger partial charge is 0.298 e. The zero-order valence-electron chi connectivity index (χ0n) is 13.2. The molecule has 0 unspecified atom stereocenters. The maximum Gasteiger partial charge on any atom is 0.416 e. The van der Waals surface area contributed by atoms with Gasteiger partial charge in [-0.25, -0.2) is 9.78 Å². The van der Waals surface area contributed by atoms with Gasteiger partial charge in [-0.3, -0.25) is 14.3 Å². The van der Waals surface area contributed by atoms with E-state index in [1.807, 2.05) is 0 Å². The third-order valence-corrected chi connectivity index (χ3v) is 3.88. The van der Waals surface area contributed by atoms with Crippen molar-refractivity contribution >= 4 is 16.9 Å². The molecule has 0 fully saturated rings. The fraction of sp³-hybridized carbons (Fsp3) is 0.235. The number of aromatic amines is 1. The van der Waals surface area contributed by atoms with Gasteiger partial charge in [0, 0.05) is 18.2 Å². The molecule has 25 heavy (non-hydrogen) atoms. The van der Waals surface area contributed by atoms with E-state index in [1.54, 1.807) is 13.0 Å². The van der Waals surface area contributed by atoms with Crippen LogP contribution in [0.4, 0.5) is 13.2 Å². The van der Waals surface area contributed by atoms with Crippen LogP contribution in [0, 0.1) is 0 Å². The molecule has 0 spiro atoms. The number of halogens is 3. The molecule has 0 amide bonds. The normalized spacial score (nSPS) is 11.8. The Balaban J connectivity index is 2.11. The number of hydrogen-bond acceptors (Lipinski definition) is 3. The number of aromatic nitrogens is 3. The number of nitrogens with zero attached hydrogens (tertiary/aromatic N) is 2. The number of carbonyl (C=O) groups is 1. The fourth-order valence-electron chi connectivity index (χ4n) is 2.51. The summed E-state index contributed by atoms with van der Waals surface area (Å²) >= 11 is 0. The topological polar surface area (TPSA) is 67.8 Å². The lowest BCUT2D eigenvalue weighted by Gasteiger charge is -2.09. The first kappa shape index (κ1) is 16.9. The molecule has 0 atom stereocenters. The minimum absolute atomic E-state index is 0.108. The van der Waals surface area contributed by atoms with Gasteiger partial charge >= 0.3 is 11.9 Å². The number of fused-ring (bicyclic) bond motifs is 1. The molecule has 0 radical (unpaired) electrons. The van der Waals surface area contributed by atoms with Crippen molar-refractivity contribution in [3.05, 3.63) is 52.6 Å². The standard InChI is InChI=1S/C17H14F3N3O2/c1-2-13(24)9-23-14-7-11(8-21-15(14)22-16(23)25)10-4-3-5-12(6-10)17(18,19)20/h3-8H,2,9H2,1H3,(H,21,22,25). The van der Waals surface area contributed by atoms with Gasteiger partial charge in [0.1, 0.15) is 0 Å². The molecule has 0 aliphatic carbocycles. The molecule has 0 saturated heterocycles. The summed E-state index contributed by atoms with van der Waals surface area (Å²) in [5, 5.41) is 0.